The molecule has 1 amide bonds. The Hall–Kier alpha value is -2.70. The smallest absolute Gasteiger partial charge is 0.354 e. The minimum absolute atomic E-state index is 0.120. The van der Waals surface area contributed by atoms with Crippen molar-refractivity contribution in [3.63, 3.8) is 0 Å². The summed E-state index contributed by atoms with van der Waals surface area (Å²) in [6.07, 6.45) is -0.206. The van der Waals surface area contributed by atoms with Gasteiger partial charge in [-0.05, 0) is 31.2 Å². The summed E-state index contributed by atoms with van der Waals surface area (Å²) in [7, 11) is 3.80. The summed E-state index contributed by atoms with van der Waals surface area (Å²) in [5.41, 5.74) is 2.93. The molecule has 1 aromatic rings. The fourth-order valence-corrected chi connectivity index (χ4v) is 1.88. The molecule has 0 spiro atoms. The van der Waals surface area contributed by atoms with Crippen LogP contribution in [-0.2, 0) is 14.3 Å². The standard InChI is InChI=1S/C19H27N3O4/c1-7-26-18(25)15(12-16(23)19(2,3)4)20-21-17(24)13-8-10-14(11-9-13)22(5)6/h8-11H,7,12H2,1-6H3,(H,21,24). The Morgan fingerprint density at radius 1 is 1.12 bits per heavy atom. The van der Waals surface area contributed by atoms with Crippen molar-refractivity contribution in [2.24, 2.45) is 10.5 Å². The lowest BCUT2D eigenvalue weighted by Gasteiger charge is -2.16. The van der Waals surface area contributed by atoms with Gasteiger partial charge in [0, 0.05) is 30.8 Å². The average molecular weight is 361 g/mol. The lowest BCUT2D eigenvalue weighted by Crippen LogP contribution is -2.30. The number of ether oxygens (including phenoxy) is 1. The first-order chi connectivity index (χ1) is 12.1. The normalized spacial score (nSPS) is 11.7. The van der Waals surface area contributed by atoms with Crippen LogP contribution in [0.3, 0.4) is 0 Å². The number of carbonyl (C=O) groups is 3. The van der Waals surface area contributed by atoms with Crippen LogP contribution in [0.5, 0.6) is 0 Å². The van der Waals surface area contributed by atoms with Crippen molar-refractivity contribution in [2.45, 2.75) is 34.1 Å². The third-order valence-electron chi connectivity index (χ3n) is 3.61. The molecule has 0 fully saturated rings. The molecule has 26 heavy (non-hydrogen) atoms. The second-order valence-corrected chi connectivity index (χ2v) is 7.01. The van der Waals surface area contributed by atoms with Gasteiger partial charge in [0.1, 0.15) is 5.78 Å². The molecule has 0 aliphatic heterocycles. The maximum atomic E-state index is 12.2. The minimum Gasteiger partial charge on any atom is -0.461 e. The Balaban J connectivity index is 2.92. The van der Waals surface area contributed by atoms with E-state index in [1.165, 1.54) is 0 Å². The number of hydrazone groups is 1. The lowest BCUT2D eigenvalue weighted by atomic mass is 9.88. The summed E-state index contributed by atoms with van der Waals surface area (Å²) in [5.74, 6) is -1.36. The summed E-state index contributed by atoms with van der Waals surface area (Å²) in [6.45, 7) is 7.07. The van der Waals surface area contributed by atoms with Crippen molar-refractivity contribution in [3.05, 3.63) is 29.8 Å². The molecule has 0 radical (unpaired) electrons. The summed E-state index contributed by atoms with van der Waals surface area (Å²) in [6, 6.07) is 6.91. The SMILES string of the molecule is CCOC(=O)C(CC(=O)C(C)(C)C)=NNC(=O)c1ccc(N(C)C)cc1. The molecule has 1 rings (SSSR count). The number of anilines is 1. The molecule has 0 aromatic heterocycles. The van der Waals surface area contributed by atoms with Gasteiger partial charge in [0.2, 0.25) is 0 Å². The number of esters is 1. The second kappa shape index (κ2) is 9.12. The molecule has 0 bridgehead atoms. The third kappa shape index (κ3) is 6.31. The van der Waals surface area contributed by atoms with Crippen molar-refractivity contribution in [2.75, 3.05) is 25.6 Å². The van der Waals surface area contributed by atoms with E-state index in [4.69, 9.17) is 4.74 Å². The van der Waals surface area contributed by atoms with Crippen LogP contribution >= 0.6 is 0 Å². The first-order valence-electron chi connectivity index (χ1n) is 8.41. The topological polar surface area (TPSA) is 88.1 Å². The van der Waals surface area contributed by atoms with E-state index in [2.05, 4.69) is 10.5 Å². The van der Waals surface area contributed by atoms with Gasteiger partial charge in [-0.1, -0.05) is 20.8 Å². The predicted octanol–water partition coefficient (Wildman–Crippen LogP) is 2.41. The van der Waals surface area contributed by atoms with Crippen LogP contribution in [-0.4, -0.2) is 44.1 Å². The van der Waals surface area contributed by atoms with Crippen LogP contribution in [0.2, 0.25) is 0 Å². The zero-order chi connectivity index (χ0) is 19.9. The fraction of sp³-hybridized carbons (Fsp3) is 0.474. The number of carbonyl (C=O) groups excluding carboxylic acids is 3. The monoisotopic (exact) mass is 361 g/mol. The zero-order valence-corrected chi connectivity index (χ0v) is 16.3. The van der Waals surface area contributed by atoms with Gasteiger partial charge in [-0.25, -0.2) is 10.2 Å². The Labute approximate surface area is 154 Å². The molecule has 0 aliphatic carbocycles. The minimum atomic E-state index is -0.714. The van der Waals surface area contributed by atoms with Crippen LogP contribution < -0.4 is 10.3 Å². The van der Waals surface area contributed by atoms with Gasteiger partial charge in [-0.2, -0.15) is 5.10 Å². The second-order valence-electron chi connectivity index (χ2n) is 7.01. The number of nitrogens with zero attached hydrogens (tertiary/aromatic N) is 2. The fourth-order valence-electron chi connectivity index (χ4n) is 1.88. The molecule has 0 atom stereocenters. The molecule has 0 aliphatic rings. The maximum absolute atomic E-state index is 12.2. The molecular formula is C19H27N3O4. The van der Waals surface area contributed by atoms with Gasteiger partial charge in [0.15, 0.2) is 5.71 Å². The van der Waals surface area contributed by atoms with Crippen LogP contribution in [0.15, 0.2) is 29.4 Å². The number of hydrogen-bond acceptors (Lipinski definition) is 6. The molecule has 7 heteroatoms. The molecule has 1 N–H and O–H groups in total. The van der Waals surface area contributed by atoms with Crippen molar-refractivity contribution in [3.8, 4) is 0 Å². The van der Waals surface area contributed by atoms with Gasteiger partial charge >= 0.3 is 5.97 Å². The van der Waals surface area contributed by atoms with E-state index in [9.17, 15) is 14.4 Å². The van der Waals surface area contributed by atoms with Gasteiger partial charge in [-0.15, -0.1) is 0 Å². The van der Waals surface area contributed by atoms with Crippen molar-refractivity contribution in [1.82, 2.24) is 5.43 Å². The van der Waals surface area contributed by atoms with E-state index in [1.807, 2.05) is 19.0 Å². The van der Waals surface area contributed by atoms with E-state index in [-0.39, 0.29) is 24.5 Å². The molecule has 0 unspecified atom stereocenters. The van der Waals surface area contributed by atoms with E-state index in [0.717, 1.165) is 5.69 Å². The molecule has 142 valence electrons. The Morgan fingerprint density at radius 3 is 2.15 bits per heavy atom. The molecule has 0 heterocycles. The number of ketones is 1. The summed E-state index contributed by atoms with van der Waals surface area (Å²) in [5, 5.41) is 3.84. The zero-order valence-electron chi connectivity index (χ0n) is 16.3. The number of benzene rings is 1. The van der Waals surface area contributed by atoms with Crippen molar-refractivity contribution >= 4 is 29.1 Å². The number of nitrogens with one attached hydrogen (secondary N) is 1. The van der Waals surface area contributed by atoms with Crippen molar-refractivity contribution in [1.29, 1.82) is 0 Å². The first kappa shape index (κ1) is 21.3. The van der Waals surface area contributed by atoms with E-state index in [0.29, 0.717) is 5.56 Å². The summed E-state index contributed by atoms with van der Waals surface area (Å²) >= 11 is 0. The number of Topliss-reactive ketones (excluding diaryl/α,β-unsaturated/α-hetero) is 1. The van der Waals surface area contributed by atoms with Crippen LogP contribution in [0.1, 0.15) is 44.5 Å². The Kier molecular flexibility index (Phi) is 7.49. The lowest BCUT2D eigenvalue weighted by molar-refractivity contribution is -0.136. The largest absolute Gasteiger partial charge is 0.461 e. The van der Waals surface area contributed by atoms with Crippen molar-refractivity contribution < 1.29 is 19.1 Å². The van der Waals surface area contributed by atoms with Gasteiger partial charge in [-0.3, -0.25) is 9.59 Å². The first-order valence-corrected chi connectivity index (χ1v) is 8.41. The maximum Gasteiger partial charge on any atom is 0.354 e. The van der Waals surface area contributed by atoms with Crippen LogP contribution in [0.25, 0.3) is 0 Å². The molecular weight excluding hydrogens is 334 g/mol. The van der Waals surface area contributed by atoms with E-state index < -0.39 is 17.3 Å². The summed E-state index contributed by atoms with van der Waals surface area (Å²) < 4.78 is 4.92. The van der Waals surface area contributed by atoms with Gasteiger partial charge in [0.05, 0.1) is 13.0 Å². The highest BCUT2D eigenvalue weighted by molar-refractivity contribution is 6.40. The molecule has 7 nitrogen and oxygen atoms in total. The van der Waals surface area contributed by atoms with E-state index in [1.54, 1.807) is 52.0 Å². The average Bonchev–Trinajstić information content (AvgIpc) is 2.57. The van der Waals surface area contributed by atoms with Crippen LogP contribution in [0, 0.1) is 5.41 Å². The molecule has 0 saturated carbocycles. The van der Waals surface area contributed by atoms with Gasteiger partial charge < -0.3 is 9.64 Å². The van der Waals surface area contributed by atoms with E-state index >= 15 is 0 Å². The van der Waals surface area contributed by atoms with Crippen LogP contribution in [0.4, 0.5) is 5.69 Å². The highest BCUT2D eigenvalue weighted by atomic mass is 16.5. The Morgan fingerprint density at radius 2 is 1.69 bits per heavy atom. The molecule has 1 aromatic carbocycles. The van der Waals surface area contributed by atoms with Gasteiger partial charge in [0.25, 0.3) is 5.91 Å². The summed E-state index contributed by atoms with van der Waals surface area (Å²) in [4.78, 5) is 38.3. The Bertz CT molecular complexity index is 686. The number of rotatable bonds is 7. The highest BCUT2D eigenvalue weighted by Gasteiger charge is 2.26. The third-order valence-corrected chi connectivity index (χ3v) is 3.61. The highest BCUT2D eigenvalue weighted by Crippen LogP contribution is 2.17. The predicted molar refractivity (Wildman–Crippen MR) is 101 cm³/mol. The number of hydrogen-bond donors (Lipinski definition) is 1. The quantitative estimate of drug-likeness (QED) is 0.458. The molecule has 0 saturated heterocycles. The number of amides is 1.